The highest BCUT2D eigenvalue weighted by molar-refractivity contribution is 8.05. The molecule has 0 N–H and O–H groups in total. The highest BCUT2D eigenvalue weighted by Gasteiger charge is 1.88. The maximum atomic E-state index is 3.02. The van der Waals surface area contributed by atoms with E-state index >= 15 is 0 Å². The van der Waals surface area contributed by atoms with Gasteiger partial charge in [0, 0.05) is 34.5 Å². The molecule has 0 amide bonds. The molecule has 1 aliphatic heterocycles. The van der Waals surface area contributed by atoms with Crippen molar-refractivity contribution >= 4 is 70.6 Å². The fourth-order valence-corrected chi connectivity index (χ4v) is 4.92. The van der Waals surface area contributed by atoms with Gasteiger partial charge in [0.1, 0.15) is 0 Å². The van der Waals surface area contributed by atoms with E-state index in [1.54, 1.807) is 70.6 Å². The van der Waals surface area contributed by atoms with Gasteiger partial charge in [-0.25, -0.2) is 0 Å². The van der Waals surface area contributed by atoms with Crippen LogP contribution in [0.1, 0.15) is 19.3 Å². The molecule has 6 heteroatoms. The second-order valence-electron chi connectivity index (χ2n) is 4.51. The van der Waals surface area contributed by atoms with E-state index in [0.29, 0.717) is 0 Å². The number of thioether (sulfide) groups is 6. The minimum atomic E-state index is 1.01. The summed E-state index contributed by atoms with van der Waals surface area (Å²) in [5, 5.41) is 18.1. The second kappa shape index (κ2) is 21.8. The summed E-state index contributed by atoms with van der Waals surface area (Å²) in [6.07, 6.45) is 3.26. The lowest BCUT2D eigenvalue weighted by molar-refractivity contribution is 1.13. The van der Waals surface area contributed by atoms with E-state index in [2.05, 4.69) is 67.0 Å². The molecule has 0 aromatic rings. The summed E-state index contributed by atoms with van der Waals surface area (Å²) in [5.74, 6) is 23.4. The Morgan fingerprint density at radius 3 is 0.667 bits per heavy atom. The standard InChI is InChI=1S/C21H18S6/c1-2-11-23-17-8-19-25-13-5-6-15-27-21-9-20-26-14-4-3-12-24-18-7-16-22-10-1/h7-9,16-21H2. The first-order valence-electron chi connectivity index (χ1n) is 8.21. The third-order valence-electron chi connectivity index (χ3n) is 2.41. The highest BCUT2D eigenvalue weighted by atomic mass is 32.2. The topological polar surface area (TPSA) is 0 Å². The van der Waals surface area contributed by atoms with Crippen molar-refractivity contribution in [1.29, 1.82) is 0 Å². The van der Waals surface area contributed by atoms with E-state index in [0.717, 1.165) is 53.8 Å². The molecule has 0 nitrogen and oxygen atoms in total. The molecule has 1 aliphatic rings. The fraction of sp³-hybridized carbons (Fsp3) is 0.429. The summed E-state index contributed by atoms with van der Waals surface area (Å²) < 4.78 is 0. The van der Waals surface area contributed by atoms with Crippen LogP contribution in [0.2, 0.25) is 0 Å². The predicted octanol–water partition coefficient (Wildman–Crippen LogP) is 5.33. The van der Waals surface area contributed by atoms with Gasteiger partial charge in [0.05, 0.1) is 0 Å². The molecule has 0 unspecified atom stereocenters. The molecule has 0 aromatic heterocycles. The Kier molecular flexibility index (Phi) is 19.7. The van der Waals surface area contributed by atoms with Crippen LogP contribution in [-0.4, -0.2) is 34.5 Å². The molecule has 0 bridgehead atoms. The van der Waals surface area contributed by atoms with Gasteiger partial charge in [-0.3, -0.25) is 0 Å². The van der Waals surface area contributed by atoms with Crippen molar-refractivity contribution in [3.8, 4) is 67.0 Å². The third kappa shape index (κ3) is 20.0. The molecule has 0 saturated heterocycles. The molecule has 1 heterocycles. The molecule has 0 aliphatic carbocycles. The Morgan fingerprint density at radius 2 is 0.481 bits per heavy atom. The van der Waals surface area contributed by atoms with E-state index in [4.69, 9.17) is 0 Å². The second-order valence-corrected chi connectivity index (χ2v) is 9.92. The zero-order valence-electron chi connectivity index (χ0n) is 14.8. The number of rotatable bonds is 0. The van der Waals surface area contributed by atoms with Crippen LogP contribution in [0.5, 0.6) is 0 Å². The molecule has 1 rings (SSSR count). The lowest BCUT2D eigenvalue weighted by atomic mass is 10.6. The van der Waals surface area contributed by atoms with E-state index in [1.165, 1.54) is 0 Å². The Labute approximate surface area is 190 Å². The SMILES string of the molecule is C1#CSCCCSC#CC#CSCCCSC#CC#CSCCCSC#C1. The monoisotopic (exact) mass is 462 g/mol. The van der Waals surface area contributed by atoms with Gasteiger partial charge in [-0.1, -0.05) is 70.6 Å². The van der Waals surface area contributed by atoms with Crippen LogP contribution in [0.3, 0.4) is 0 Å². The molecule has 0 fully saturated rings. The normalized spacial score (nSPS) is 16.9. The summed E-state index contributed by atoms with van der Waals surface area (Å²) in [6.45, 7) is 0. The van der Waals surface area contributed by atoms with Crippen molar-refractivity contribution in [3.63, 3.8) is 0 Å². The highest BCUT2D eigenvalue weighted by Crippen LogP contribution is 2.07. The molecule has 0 radical (unpaired) electrons. The van der Waals surface area contributed by atoms with Crippen LogP contribution in [0.25, 0.3) is 0 Å². The van der Waals surface area contributed by atoms with Crippen LogP contribution >= 0.6 is 70.6 Å². The summed E-state index contributed by atoms with van der Waals surface area (Å²) >= 11 is 9.72. The van der Waals surface area contributed by atoms with Gasteiger partial charge in [-0.15, -0.1) is 0 Å². The first-order valence-corrected chi connectivity index (χ1v) is 14.1. The average Bonchev–Trinajstić information content (AvgIpc) is 2.68. The van der Waals surface area contributed by atoms with Gasteiger partial charge in [-0.2, -0.15) is 0 Å². The number of hydrogen-bond donors (Lipinski definition) is 0. The maximum Gasteiger partial charge on any atom is 0.00652 e. The van der Waals surface area contributed by atoms with Gasteiger partial charge in [0.2, 0.25) is 0 Å². The van der Waals surface area contributed by atoms with Crippen molar-refractivity contribution in [2.45, 2.75) is 19.3 Å². The number of hydrogen-bond acceptors (Lipinski definition) is 6. The predicted molar refractivity (Wildman–Crippen MR) is 135 cm³/mol. The Bertz CT molecular complexity index is 603. The van der Waals surface area contributed by atoms with Gasteiger partial charge >= 0.3 is 0 Å². The minimum Gasteiger partial charge on any atom is -0.0740 e. The molecule has 0 atom stereocenters. The molecular weight excluding hydrogens is 445 g/mol. The van der Waals surface area contributed by atoms with E-state index in [9.17, 15) is 0 Å². The molecule has 138 valence electrons. The molecule has 27 heavy (non-hydrogen) atoms. The summed E-state index contributed by atoms with van der Waals surface area (Å²) in [6, 6.07) is 0. The van der Waals surface area contributed by atoms with Gasteiger partial charge in [-0.05, 0) is 86.3 Å². The fourth-order valence-electron chi connectivity index (χ4n) is 1.29. The van der Waals surface area contributed by atoms with E-state index in [-0.39, 0.29) is 0 Å². The lowest BCUT2D eigenvalue weighted by Gasteiger charge is -1.90. The van der Waals surface area contributed by atoms with Crippen LogP contribution in [-0.2, 0) is 0 Å². The smallest absolute Gasteiger partial charge is 0.00652 e. The Hall–Kier alpha value is -0.540. The zero-order valence-corrected chi connectivity index (χ0v) is 19.7. The lowest BCUT2D eigenvalue weighted by Crippen LogP contribution is -1.80. The summed E-state index contributed by atoms with van der Waals surface area (Å²) in [5.41, 5.74) is 0. The summed E-state index contributed by atoms with van der Waals surface area (Å²) in [7, 11) is 0. The quantitative estimate of drug-likeness (QED) is 0.443. The molecule has 0 saturated carbocycles. The van der Waals surface area contributed by atoms with Crippen LogP contribution in [0.4, 0.5) is 0 Å². The van der Waals surface area contributed by atoms with E-state index in [1.807, 2.05) is 0 Å². The maximum absolute atomic E-state index is 3.02. The van der Waals surface area contributed by atoms with Crippen LogP contribution < -0.4 is 0 Å². The molecule has 0 aromatic carbocycles. The van der Waals surface area contributed by atoms with Crippen molar-refractivity contribution in [2.24, 2.45) is 0 Å². The van der Waals surface area contributed by atoms with Crippen LogP contribution in [0, 0.1) is 67.0 Å². The van der Waals surface area contributed by atoms with Gasteiger partial charge in [0.25, 0.3) is 0 Å². The largest absolute Gasteiger partial charge is 0.0740 e. The first kappa shape index (κ1) is 24.5. The van der Waals surface area contributed by atoms with Crippen molar-refractivity contribution in [1.82, 2.24) is 0 Å². The van der Waals surface area contributed by atoms with Gasteiger partial charge < -0.3 is 0 Å². The molecule has 0 spiro atoms. The minimum absolute atomic E-state index is 1.01. The Morgan fingerprint density at radius 1 is 0.296 bits per heavy atom. The van der Waals surface area contributed by atoms with Crippen molar-refractivity contribution < 1.29 is 0 Å². The first-order chi connectivity index (χ1) is 13.5. The third-order valence-corrected chi connectivity index (χ3v) is 6.84. The molecular formula is C21H18S6. The van der Waals surface area contributed by atoms with Crippen molar-refractivity contribution in [2.75, 3.05) is 34.5 Å². The van der Waals surface area contributed by atoms with Crippen LogP contribution in [0.15, 0.2) is 0 Å². The van der Waals surface area contributed by atoms with E-state index < -0.39 is 0 Å². The average molecular weight is 463 g/mol. The van der Waals surface area contributed by atoms with Crippen molar-refractivity contribution in [3.05, 3.63) is 0 Å². The Balaban J connectivity index is 2.35. The summed E-state index contributed by atoms with van der Waals surface area (Å²) in [4.78, 5) is 0. The zero-order chi connectivity index (χ0) is 19.1. The van der Waals surface area contributed by atoms with Gasteiger partial charge in [0.15, 0.2) is 0 Å².